The number of carboxylic acid groups (broad SMARTS) is 1. The molecule has 0 aromatic heterocycles. The third-order valence-corrected chi connectivity index (χ3v) is 2.62. The third kappa shape index (κ3) is 3.95. The molecule has 0 atom stereocenters. The maximum absolute atomic E-state index is 13.1. The molecule has 20 heavy (non-hydrogen) atoms. The van der Waals surface area contributed by atoms with Crippen molar-refractivity contribution in [3.05, 3.63) is 29.6 Å². The highest BCUT2D eigenvalue weighted by atomic mass is 19.1. The Balaban J connectivity index is 2.91. The van der Waals surface area contributed by atoms with Gasteiger partial charge in [-0.3, -0.25) is 0 Å². The Morgan fingerprint density at radius 2 is 2.20 bits per heavy atom. The van der Waals surface area contributed by atoms with Gasteiger partial charge in [0.1, 0.15) is 5.82 Å². The van der Waals surface area contributed by atoms with E-state index in [1.54, 1.807) is 6.92 Å². The Bertz CT molecular complexity index is 554. The van der Waals surface area contributed by atoms with Crippen molar-refractivity contribution in [2.24, 2.45) is 0 Å². The molecule has 1 aromatic carbocycles. The van der Waals surface area contributed by atoms with Crippen molar-refractivity contribution in [1.82, 2.24) is 4.90 Å². The number of urea groups is 1. The van der Waals surface area contributed by atoms with Crippen molar-refractivity contribution in [2.45, 2.75) is 13.3 Å². The number of rotatable bonds is 5. The summed E-state index contributed by atoms with van der Waals surface area (Å²) in [5.41, 5.74) is -0.311. The molecule has 0 heterocycles. The van der Waals surface area contributed by atoms with E-state index in [0.717, 1.165) is 18.2 Å². The Kier molecular flexibility index (Phi) is 5.47. The van der Waals surface area contributed by atoms with E-state index in [4.69, 9.17) is 10.4 Å². The number of anilines is 1. The van der Waals surface area contributed by atoms with E-state index in [1.165, 1.54) is 4.90 Å². The Morgan fingerprint density at radius 1 is 1.50 bits per heavy atom. The normalized spacial score (nSPS) is 9.65. The lowest BCUT2D eigenvalue weighted by Crippen LogP contribution is -2.35. The molecule has 0 aliphatic rings. The molecule has 0 aliphatic carbocycles. The van der Waals surface area contributed by atoms with Gasteiger partial charge in [0.15, 0.2) is 0 Å². The molecule has 106 valence electrons. The van der Waals surface area contributed by atoms with Crippen LogP contribution in [0.2, 0.25) is 0 Å². The minimum atomic E-state index is -1.26. The second-order valence-electron chi connectivity index (χ2n) is 3.91. The third-order valence-electron chi connectivity index (χ3n) is 2.62. The number of amides is 2. The SMILES string of the molecule is CCN(CCC#N)C(=O)Nc1cc(F)ccc1C(=O)O. The predicted molar refractivity (Wildman–Crippen MR) is 69.9 cm³/mol. The summed E-state index contributed by atoms with van der Waals surface area (Å²) in [6.07, 6.45) is 0.163. The Hall–Kier alpha value is -2.62. The number of hydrogen-bond donors (Lipinski definition) is 2. The molecule has 2 N–H and O–H groups in total. The van der Waals surface area contributed by atoms with E-state index >= 15 is 0 Å². The van der Waals surface area contributed by atoms with E-state index in [1.807, 2.05) is 6.07 Å². The number of nitrogens with zero attached hydrogens (tertiary/aromatic N) is 2. The minimum absolute atomic E-state index is 0.113. The average molecular weight is 279 g/mol. The number of halogens is 1. The first-order valence-electron chi connectivity index (χ1n) is 5.95. The molecule has 0 saturated carbocycles. The van der Waals surface area contributed by atoms with Crippen molar-refractivity contribution in [3.63, 3.8) is 0 Å². The first-order valence-corrected chi connectivity index (χ1v) is 5.95. The zero-order valence-electron chi connectivity index (χ0n) is 10.9. The summed E-state index contributed by atoms with van der Waals surface area (Å²) in [7, 11) is 0. The van der Waals surface area contributed by atoms with Crippen LogP contribution in [0.5, 0.6) is 0 Å². The summed E-state index contributed by atoms with van der Waals surface area (Å²) in [5.74, 6) is -1.91. The smallest absolute Gasteiger partial charge is 0.337 e. The highest BCUT2D eigenvalue weighted by Crippen LogP contribution is 2.18. The van der Waals surface area contributed by atoms with Crippen LogP contribution in [0.25, 0.3) is 0 Å². The molecule has 0 unspecified atom stereocenters. The monoisotopic (exact) mass is 279 g/mol. The lowest BCUT2D eigenvalue weighted by molar-refractivity contribution is 0.0698. The fraction of sp³-hybridized carbons (Fsp3) is 0.308. The van der Waals surface area contributed by atoms with Gasteiger partial charge in [0.2, 0.25) is 0 Å². The number of hydrogen-bond acceptors (Lipinski definition) is 3. The summed E-state index contributed by atoms with van der Waals surface area (Å²) in [4.78, 5) is 24.3. The van der Waals surface area contributed by atoms with Crippen LogP contribution >= 0.6 is 0 Å². The minimum Gasteiger partial charge on any atom is -0.478 e. The Labute approximate surface area is 115 Å². The second-order valence-corrected chi connectivity index (χ2v) is 3.91. The number of carboxylic acids is 1. The van der Waals surface area contributed by atoms with Crippen LogP contribution in [-0.2, 0) is 0 Å². The second kappa shape index (κ2) is 7.09. The lowest BCUT2D eigenvalue weighted by atomic mass is 10.1. The summed E-state index contributed by atoms with van der Waals surface area (Å²) >= 11 is 0. The summed E-state index contributed by atoms with van der Waals surface area (Å²) < 4.78 is 13.1. The number of carbonyl (C=O) groups excluding carboxylic acids is 1. The zero-order chi connectivity index (χ0) is 15.1. The molecule has 0 bridgehead atoms. The van der Waals surface area contributed by atoms with Crippen LogP contribution < -0.4 is 5.32 Å². The van der Waals surface area contributed by atoms with Crippen LogP contribution in [-0.4, -0.2) is 35.1 Å². The first kappa shape index (κ1) is 15.4. The van der Waals surface area contributed by atoms with E-state index in [-0.39, 0.29) is 24.2 Å². The van der Waals surface area contributed by atoms with Crippen molar-refractivity contribution in [1.29, 1.82) is 5.26 Å². The van der Waals surface area contributed by atoms with Gasteiger partial charge in [0.05, 0.1) is 23.7 Å². The largest absolute Gasteiger partial charge is 0.478 e. The van der Waals surface area contributed by atoms with Gasteiger partial charge in [-0.2, -0.15) is 5.26 Å². The van der Waals surface area contributed by atoms with Crippen molar-refractivity contribution >= 4 is 17.7 Å². The van der Waals surface area contributed by atoms with Gasteiger partial charge in [0.25, 0.3) is 0 Å². The highest BCUT2D eigenvalue weighted by Gasteiger charge is 2.16. The number of nitrogens with one attached hydrogen (secondary N) is 1. The summed E-state index contributed by atoms with van der Waals surface area (Å²) in [5, 5.41) is 19.8. The fourth-order valence-electron chi connectivity index (χ4n) is 1.59. The standard InChI is InChI=1S/C13H14FN3O3/c1-2-17(7-3-6-15)13(20)16-11-8-9(14)4-5-10(11)12(18)19/h4-5,8H,2-3,7H2,1H3,(H,16,20)(H,18,19). The zero-order valence-corrected chi connectivity index (χ0v) is 10.9. The molecule has 0 saturated heterocycles. The molecule has 1 rings (SSSR count). The van der Waals surface area contributed by atoms with Crippen molar-refractivity contribution in [3.8, 4) is 6.07 Å². The predicted octanol–water partition coefficient (Wildman–Crippen LogP) is 2.29. The molecular weight excluding hydrogens is 265 g/mol. The molecule has 1 aromatic rings. The molecule has 2 amide bonds. The van der Waals surface area contributed by atoms with Gasteiger partial charge >= 0.3 is 12.0 Å². The summed E-state index contributed by atoms with van der Waals surface area (Å²) in [6.45, 7) is 2.29. The van der Waals surface area contributed by atoms with Gasteiger partial charge in [-0.1, -0.05) is 0 Å². The first-order chi connectivity index (χ1) is 9.49. The maximum atomic E-state index is 13.1. The van der Waals surface area contributed by atoms with Gasteiger partial charge < -0.3 is 15.3 Å². The number of aromatic carboxylic acids is 1. The molecule has 7 heteroatoms. The molecule has 0 spiro atoms. The van der Waals surface area contributed by atoms with Gasteiger partial charge in [0, 0.05) is 13.1 Å². The van der Waals surface area contributed by atoms with Gasteiger partial charge in [-0.25, -0.2) is 14.0 Å². The van der Waals surface area contributed by atoms with Crippen LogP contribution in [0.1, 0.15) is 23.7 Å². The van der Waals surface area contributed by atoms with E-state index in [2.05, 4.69) is 5.32 Å². The quantitative estimate of drug-likeness (QED) is 0.864. The van der Waals surface area contributed by atoms with E-state index < -0.39 is 17.8 Å². The molecule has 0 aliphatic heterocycles. The van der Waals surface area contributed by atoms with Crippen molar-refractivity contribution < 1.29 is 19.1 Å². The number of carbonyl (C=O) groups is 2. The van der Waals surface area contributed by atoms with E-state index in [0.29, 0.717) is 6.54 Å². The fourth-order valence-corrected chi connectivity index (χ4v) is 1.59. The van der Waals surface area contributed by atoms with E-state index in [9.17, 15) is 14.0 Å². The Morgan fingerprint density at radius 3 is 2.75 bits per heavy atom. The van der Waals surface area contributed by atoms with Crippen LogP contribution in [0, 0.1) is 17.1 Å². The lowest BCUT2D eigenvalue weighted by Gasteiger charge is -2.20. The molecular formula is C13H14FN3O3. The van der Waals surface area contributed by atoms with Gasteiger partial charge in [-0.15, -0.1) is 0 Å². The maximum Gasteiger partial charge on any atom is 0.337 e. The summed E-state index contributed by atoms with van der Waals surface area (Å²) in [6, 6.07) is 4.37. The molecule has 6 nitrogen and oxygen atoms in total. The molecule has 0 radical (unpaired) electrons. The van der Waals surface area contributed by atoms with Crippen LogP contribution in [0.4, 0.5) is 14.9 Å². The highest BCUT2D eigenvalue weighted by molar-refractivity contribution is 6.00. The van der Waals surface area contributed by atoms with Crippen LogP contribution in [0.3, 0.4) is 0 Å². The number of nitriles is 1. The molecule has 0 fully saturated rings. The van der Waals surface area contributed by atoms with Crippen molar-refractivity contribution in [2.75, 3.05) is 18.4 Å². The number of benzene rings is 1. The van der Waals surface area contributed by atoms with Gasteiger partial charge in [-0.05, 0) is 25.1 Å². The average Bonchev–Trinajstić information content (AvgIpc) is 2.39. The van der Waals surface area contributed by atoms with Crippen LogP contribution in [0.15, 0.2) is 18.2 Å². The topological polar surface area (TPSA) is 93.4 Å².